The Labute approximate surface area is 139 Å². The number of aromatic nitrogens is 2. The van der Waals surface area contributed by atoms with E-state index in [-0.39, 0.29) is 23.0 Å². The van der Waals surface area contributed by atoms with Crippen molar-refractivity contribution >= 4 is 0 Å². The summed E-state index contributed by atoms with van der Waals surface area (Å²) in [5.41, 5.74) is -3.28. The first-order valence-electron chi connectivity index (χ1n) is 6.94. The van der Waals surface area contributed by atoms with Crippen LogP contribution in [-0.4, -0.2) is 23.0 Å². The van der Waals surface area contributed by atoms with Gasteiger partial charge in [0.15, 0.2) is 5.69 Å². The molecule has 0 fully saturated rings. The van der Waals surface area contributed by atoms with E-state index in [0.29, 0.717) is 22.1 Å². The first-order chi connectivity index (χ1) is 11.7. The highest BCUT2D eigenvalue weighted by Gasteiger charge is 2.35. The molecule has 1 heterocycles. The maximum absolute atomic E-state index is 12.8. The van der Waals surface area contributed by atoms with Gasteiger partial charge in [0.2, 0.25) is 0 Å². The number of hydrogen-bond acceptors (Lipinski definition) is 5. The van der Waals surface area contributed by atoms with Crippen molar-refractivity contribution in [3.63, 3.8) is 0 Å². The molecule has 0 bridgehead atoms. The van der Waals surface area contributed by atoms with Crippen molar-refractivity contribution in [2.45, 2.75) is 12.6 Å². The third kappa shape index (κ3) is 3.56. The molecule has 1 aromatic carbocycles. The van der Waals surface area contributed by atoms with Crippen LogP contribution < -0.4 is 17.1 Å². The number of nitrogens with two attached hydrogens (primary N) is 1. The molecule has 0 unspecified atom stereocenters. The summed E-state index contributed by atoms with van der Waals surface area (Å²) < 4.78 is 43.7. The molecule has 25 heavy (non-hydrogen) atoms. The minimum Gasteiger partial charge on any atom is -0.384 e. The summed E-state index contributed by atoms with van der Waals surface area (Å²) in [4.78, 5) is 24.2. The largest absolute Gasteiger partial charge is 0.433 e. The number of methoxy groups -OCH3 is 1. The molecule has 1 aromatic heterocycles. The minimum absolute atomic E-state index is 0.00743. The van der Waals surface area contributed by atoms with Crippen LogP contribution in [0.5, 0.6) is 0 Å². The lowest BCUT2D eigenvalue weighted by Gasteiger charge is -2.14. The van der Waals surface area contributed by atoms with E-state index >= 15 is 0 Å². The first-order valence-corrected chi connectivity index (χ1v) is 6.94. The average molecular weight is 354 g/mol. The predicted molar refractivity (Wildman–Crippen MR) is 81.7 cm³/mol. The molecule has 2 aromatic rings. The number of benzene rings is 1. The number of halogens is 3. The van der Waals surface area contributed by atoms with Gasteiger partial charge in [-0.15, -0.1) is 0 Å². The van der Waals surface area contributed by atoms with E-state index in [1.165, 1.54) is 25.3 Å². The Morgan fingerprint density at radius 1 is 1.28 bits per heavy atom. The molecule has 132 valence electrons. The molecule has 0 aliphatic rings. The van der Waals surface area contributed by atoms with Crippen LogP contribution in [0.25, 0.3) is 5.69 Å². The third-order valence-electron chi connectivity index (χ3n) is 3.47. The highest BCUT2D eigenvalue weighted by molar-refractivity contribution is 5.46. The van der Waals surface area contributed by atoms with Crippen LogP contribution >= 0.6 is 0 Å². The van der Waals surface area contributed by atoms with E-state index in [0.717, 1.165) is 0 Å². The predicted octanol–water partition coefficient (Wildman–Crippen LogP) is 0.792. The van der Waals surface area contributed by atoms with E-state index in [2.05, 4.69) is 0 Å². The summed E-state index contributed by atoms with van der Waals surface area (Å²) in [6.07, 6.45) is -4.63. The fourth-order valence-electron chi connectivity index (χ4n) is 2.26. The van der Waals surface area contributed by atoms with Gasteiger partial charge >= 0.3 is 11.9 Å². The van der Waals surface area contributed by atoms with Gasteiger partial charge in [0, 0.05) is 13.2 Å². The van der Waals surface area contributed by atoms with E-state index < -0.39 is 23.1 Å². The quantitative estimate of drug-likeness (QED) is 0.818. The molecule has 0 atom stereocenters. The second kappa shape index (κ2) is 6.82. The van der Waals surface area contributed by atoms with Gasteiger partial charge in [-0.2, -0.15) is 18.4 Å². The summed E-state index contributed by atoms with van der Waals surface area (Å²) >= 11 is 0. The Hall–Kier alpha value is -3.06. The van der Waals surface area contributed by atoms with E-state index in [4.69, 9.17) is 15.8 Å². The lowest BCUT2D eigenvalue weighted by molar-refractivity contribution is -0.143. The highest BCUT2D eigenvalue weighted by Crippen LogP contribution is 2.26. The molecule has 0 radical (unpaired) electrons. The van der Waals surface area contributed by atoms with Gasteiger partial charge in [0.1, 0.15) is 0 Å². The molecule has 0 aliphatic heterocycles. The number of ether oxygens (including phenoxy) is 1. The fraction of sp³-hybridized carbons (Fsp3) is 0.267. The lowest BCUT2D eigenvalue weighted by atomic mass is 10.0. The van der Waals surface area contributed by atoms with Gasteiger partial charge in [0.25, 0.3) is 5.56 Å². The molecule has 2 rings (SSSR count). The molecule has 0 aliphatic carbocycles. The number of alkyl halides is 3. The Balaban J connectivity index is 2.68. The van der Waals surface area contributed by atoms with Gasteiger partial charge in [0.05, 0.1) is 23.9 Å². The second-order valence-corrected chi connectivity index (χ2v) is 5.05. The molecule has 0 amide bonds. The number of rotatable bonds is 4. The molecule has 0 saturated heterocycles. The van der Waals surface area contributed by atoms with Crippen molar-refractivity contribution in [2.24, 2.45) is 0 Å². The van der Waals surface area contributed by atoms with E-state index in [1.54, 1.807) is 0 Å². The Bertz CT molecular complexity index is 954. The van der Waals surface area contributed by atoms with Crippen LogP contribution in [0.2, 0.25) is 0 Å². The SMILES string of the molecule is COCCc1cc(-n2c(=O)cc(C(F)(F)F)n(N)c2=O)ccc1C#N. The Morgan fingerprint density at radius 2 is 1.96 bits per heavy atom. The van der Waals surface area contributed by atoms with Crippen molar-refractivity contribution in [3.05, 3.63) is 61.9 Å². The van der Waals surface area contributed by atoms with Gasteiger partial charge in [-0.05, 0) is 30.2 Å². The fourth-order valence-corrected chi connectivity index (χ4v) is 2.26. The lowest BCUT2D eigenvalue weighted by Crippen LogP contribution is -2.45. The van der Waals surface area contributed by atoms with Crippen molar-refractivity contribution in [2.75, 3.05) is 19.6 Å². The summed E-state index contributed by atoms with van der Waals surface area (Å²) in [5, 5.41) is 9.09. The van der Waals surface area contributed by atoms with E-state index in [9.17, 15) is 22.8 Å². The zero-order valence-corrected chi connectivity index (χ0v) is 13.0. The van der Waals surface area contributed by atoms with Crippen LogP contribution in [0.3, 0.4) is 0 Å². The number of nitriles is 1. The minimum atomic E-state index is -4.94. The van der Waals surface area contributed by atoms with Gasteiger partial charge in [-0.3, -0.25) is 4.79 Å². The van der Waals surface area contributed by atoms with Crippen LogP contribution in [0.4, 0.5) is 13.2 Å². The van der Waals surface area contributed by atoms with Crippen molar-refractivity contribution < 1.29 is 17.9 Å². The molecular weight excluding hydrogens is 341 g/mol. The number of nitrogen functional groups attached to an aromatic ring is 1. The molecule has 2 N–H and O–H groups in total. The van der Waals surface area contributed by atoms with Crippen LogP contribution in [-0.2, 0) is 17.3 Å². The van der Waals surface area contributed by atoms with Crippen molar-refractivity contribution in [3.8, 4) is 11.8 Å². The maximum Gasteiger partial charge on any atom is 0.433 e. The monoisotopic (exact) mass is 354 g/mol. The third-order valence-corrected chi connectivity index (χ3v) is 3.47. The maximum atomic E-state index is 12.8. The molecule has 0 spiro atoms. The molecule has 10 heteroatoms. The highest BCUT2D eigenvalue weighted by atomic mass is 19.4. The van der Waals surface area contributed by atoms with Crippen LogP contribution in [0.1, 0.15) is 16.8 Å². The first kappa shape index (κ1) is 18.3. The van der Waals surface area contributed by atoms with Crippen LogP contribution in [0, 0.1) is 11.3 Å². The van der Waals surface area contributed by atoms with Gasteiger partial charge in [-0.1, -0.05) is 0 Å². The second-order valence-electron chi connectivity index (χ2n) is 5.05. The average Bonchev–Trinajstić information content (AvgIpc) is 2.55. The molecular formula is C15H13F3N4O3. The van der Waals surface area contributed by atoms with Gasteiger partial charge < -0.3 is 10.6 Å². The summed E-state index contributed by atoms with van der Waals surface area (Å²) in [6, 6.07) is 6.21. The zero-order valence-electron chi connectivity index (χ0n) is 13.0. The standard InChI is InChI=1S/C15H13F3N4O3/c1-25-5-4-9-6-11(3-2-10(9)8-19)21-13(23)7-12(15(16,17)18)22(20)14(21)24/h2-3,6-7H,4-5,20H2,1H3. The summed E-state index contributed by atoms with van der Waals surface area (Å²) in [6.45, 7) is 0.279. The zero-order chi connectivity index (χ0) is 18.8. The smallest absolute Gasteiger partial charge is 0.384 e. The van der Waals surface area contributed by atoms with Crippen LogP contribution in [0.15, 0.2) is 33.9 Å². The summed E-state index contributed by atoms with van der Waals surface area (Å²) in [7, 11) is 1.46. The number of hydrogen-bond donors (Lipinski definition) is 1. The molecule has 0 saturated carbocycles. The van der Waals surface area contributed by atoms with Crippen molar-refractivity contribution in [1.82, 2.24) is 9.24 Å². The van der Waals surface area contributed by atoms with E-state index in [1.807, 2.05) is 6.07 Å². The Kier molecular flexibility index (Phi) is 4.99. The van der Waals surface area contributed by atoms with Crippen molar-refractivity contribution in [1.29, 1.82) is 5.26 Å². The topological polar surface area (TPSA) is 103 Å². The Morgan fingerprint density at radius 3 is 2.52 bits per heavy atom. The molecule has 7 nitrogen and oxygen atoms in total. The normalized spacial score (nSPS) is 11.3. The van der Waals surface area contributed by atoms with Gasteiger partial charge in [-0.25, -0.2) is 14.0 Å². The number of nitrogens with zero attached hydrogens (tertiary/aromatic N) is 3. The summed E-state index contributed by atoms with van der Waals surface area (Å²) in [5.74, 6) is 5.20.